The second-order valence-corrected chi connectivity index (χ2v) is 7.40. The fourth-order valence-electron chi connectivity index (χ4n) is 3.31. The van der Waals surface area contributed by atoms with Gasteiger partial charge in [0.1, 0.15) is 0 Å². The van der Waals surface area contributed by atoms with Gasteiger partial charge in [0.15, 0.2) is 5.65 Å². The number of aromatic nitrogens is 3. The summed E-state index contributed by atoms with van der Waals surface area (Å²) in [4.78, 5) is 45.2. The normalized spacial score (nSPS) is 11.2. The van der Waals surface area contributed by atoms with Crippen LogP contribution in [0.1, 0.15) is 54.7 Å². The van der Waals surface area contributed by atoms with Crippen LogP contribution in [-0.2, 0) is 17.9 Å². The molecule has 0 atom stereocenters. The predicted octanol–water partition coefficient (Wildman–Crippen LogP) is 3.02. The molecule has 1 amide bonds. The van der Waals surface area contributed by atoms with Crippen LogP contribution in [0.25, 0.3) is 11.0 Å². The number of nitrogens with zero attached hydrogens (tertiary/aromatic N) is 2. The van der Waals surface area contributed by atoms with Crippen molar-refractivity contribution in [2.45, 2.75) is 46.3 Å². The number of anilines is 1. The van der Waals surface area contributed by atoms with Crippen LogP contribution in [0.3, 0.4) is 0 Å². The molecule has 30 heavy (non-hydrogen) atoms. The molecule has 0 fully saturated rings. The number of methoxy groups -OCH3 is 1. The number of hydrogen-bond acceptors (Lipinski definition) is 5. The zero-order valence-corrected chi connectivity index (χ0v) is 17.6. The van der Waals surface area contributed by atoms with Crippen molar-refractivity contribution in [3.05, 3.63) is 68.0 Å². The Bertz CT molecular complexity index is 1190. The number of hydrogen-bond donors (Lipinski definition) is 2. The summed E-state index contributed by atoms with van der Waals surface area (Å²) in [6.45, 7) is 6.54. The van der Waals surface area contributed by atoms with Gasteiger partial charge in [-0.3, -0.25) is 19.1 Å². The van der Waals surface area contributed by atoms with E-state index in [1.807, 2.05) is 39.0 Å². The summed E-state index contributed by atoms with van der Waals surface area (Å²) in [7, 11) is 1.58. The highest BCUT2D eigenvalue weighted by atomic mass is 16.5. The largest absolute Gasteiger partial charge is 0.380 e. The lowest BCUT2D eigenvalue weighted by molar-refractivity contribution is 0.102. The van der Waals surface area contributed by atoms with Crippen molar-refractivity contribution >= 4 is 22.6 Å². The van der Waals surface area contributed by atoms with Crippen LogP contribution in [0.4, 0.5) is 5.69 Å². The summed E-state index contributed by atoms with van der Waals surface area (Å²) < 4.78 is 6.61. The number of rotatable bonds is 7. The van der Waals surface area contributed by atoms with Gasteiger partial charge in [0.25, 0.3) is 11.5 Å². The zero-order chi connectivity index (χ0) is 21.8. The number of H-pyrrole nitrogens is 1. The molecule has 3 rings (SSSR count). The summed E-state index contributed by atoms with van der Waals surface area (Å²) in [5.74, 6) is -0.439. The Labute approximate surface area is 173 Å². The number of amides is 1. The topological polar surface area (TPSA) is 106 Å². The van der Waals surface area contributed by atoms with E-state index in [0.717, 1.165) is 5.56 Å². The van der Waals surface area contributed by atoms with Gasteiger partial charge in [0.05, 0.1) is 17.6 Å². The first-order valence-corrected chi connectivity index (χ1v) is 9.93. The van der Waals surface area contributed by atoms with Gasteiger partial charge in [-0.15, -0.1) is 0 Å². The highest BCUT2D eigenvalue weighted by molar-refractivity contribution is 6.12. The SMILES string of the molecule is CCCn1c(=O)[nH]c(=O)c2c(C(=O)Nc3ccccc3COC)cc(C(C)C)nc21. The van der Waals surface area contributed by atoms with E-state index in [9.17, 15) is 14.4 Å². The van der Waals surface area contributed by atoms with E-state index in [-0.39, 0.29) is 22.5 Å². The fourth-order valence-corrected chi connectivity index (χ4v) is 3.31. The van der Waals surface area contributed by atoms with Crippen molar-refractivity contribution in [3.63, 3.8) is 0 Å². The summed E-state index contributed by atoms with van der Waals surface area (Å²) in [5.41, 5.74) is 1.30. The van der Waals surface area contributed by atoms with Gasteiger partial charge in [-0.1, -0.05) is 39.0 Å². The maximum absolute atomic E-state index is 13.2. The quantitative estimate of drug-likeness (QED) is 0.623. The van der Waals surface area contributed by atoms with Crippen LogP contribution < -0.4 is 16.6 Å². The predicted molar refractivity (Wildman–Crippen MR) is 116 cm³/mol. The molecule has 8 nitrogen and oxygen atoms in total. The average Bonchev–Trinajstić information content (AvgIpc) is 2.71. The van der Waals surface area contributed by atoms with E-state index < -0.39 is 17.2 Å². The number of fused-ring (bicyclic) bond motifs is 1. The van der Waals surface area contributed by atoms with Crippen molar-refractivity contribution in [2.75, 3.05) is 12.4 Å². The van der Waals surface area contributed by atoms with Crippen molar-refractivity contribution in [3.8, 4) is 0 Å². The molecule has 0 bridgehead atoms. The van der Waals surface area contributed by atoms with E-state index in [0.29, 0.717) is 31.0 Å². The van der Waals surface area contributed by atoms with Crippen LogP contribution in [-0.4, -0.2) is 27.6 Å². The van der Waals surface area contributed by atoms with Crippen LogP contribution in [0.2, 0.25) is 0 Å². The number of ether oxygens (including phenoxy) is 1. The number of aryl methyl sites for hydroxylation is 1. The molecular formula is C22H26N4O4. The van der Waals surface area contributed by atoms with E-state index in [1.165, 1.54) is 4.57 Å². The number of carbonyl (C=O) groups excluding carboxylic acids is 1. The Balaban J connectivity index is 2.22. The lowest BCUT2D eigenvalue weighted by Crippen LogP contribution is -2.32. The maximum Gasteiger partial charge on any atom is 0.329 e. The molecule has 0 aliphatic heterocycles. The molecule has 2 aromatic heterocycles. The van der Waals surface area contributed by atoms with Crippen LogP contribution in [0, 0.1) is 0 Å². The first-order valence-electron chi connectivity index (χ1n) is 9.93. The summed E-state index contributed by atoms with van der Waals surface area (Å²) in [6.07, 6.45) is 0.681. The highest BCUT2D eigenvalue weighted by Crippen LogP contribution is 2.22. The van der Waals surface area contributed by atoms with E-state index >= 15 is 0 Å². The molecule has 8 heteroatoms. The zero-order valence-electron chi connectivity index (χ0n) is 17.6. The van der Waals surface area contributed by atoms with Crippen molar-refractivity contribution in [1.82, 2.24) is 14.5 Å². The molecule has 0 saturated heterocycles. The standard InChI is InChI=1S/C22H26N4O4/c1-5-10-26-19-18(21(28)25-22(26)29)15(11-17(23-19)13(2)3)20(27)24-16-9-7-6-8-14(16)12-30-4/h6-9,11,13H,5,10,12H2,1-4H3,(H,24,27)(H,25,28,29). The number of pyridine rings is 1. The molecule has 0 aliphatic carbocycles. The molecule has 0 spiro atoms. The van der Waals surface area contributed by atoms with Gasteiger partial charge in [-0.2, -0.15) is 0 Å². The van der Waals surface area contributed by atoms with Crippen molar-refractivity contribution in [2.24, 2.45) is 0 Å². The Hall–Kier alpha value is -3.26. The molecule has 0 aliphatic rings. The van der Waals surface area contributed by atoms with Crippen molar-refractivity contribution in [1.29, 1.82) is 0 Å². The third kappa shape index (κ3) is 4.18. The molecule has 0 saturated carbocycles. The lowest BCUT2D eigenvalue weighted by atomic mass is 10.0. The van der Waals surface area contributed by atoms with Crippen LogP contribution in [0.15, 0.2) is 39.9 Å². The van der Waals surface area contributed by atoms with E-state index in [2.05, 4.69) is 15.3 Å². The Kier molecular flexibility index (Phi) is 6.47. The number of benzene rings is 1. The highest BCUT2D eigenvalue weighted by Gasteiger charge is 2.21. The monoisotopic (exact) mass is 410 g/mol. The summed E-state index contributed by atoms with van der Waals surface area (Å²) in [6, 6.07) is 8.92. The minimum Gasteiger partial charge on any atom is -0.380 e. The second kappa shape index (κ2) is 9.04. The van der Waals surface area contributed by atoms with Gasteiger partial charge in [0.2, 0.25) is 0 Å². The Morgan fingerprint density at radius 3 is 2.67 bits per heavy atom. The first kappa shape index (κ1) is 21.4. The molecule has 3 aromatic rings. The minimum absolute atomic E-state index is 0.00574. The van der Waals surface area contributed by atoms with Gasteiger partial charge in [0, 0.05) is 30.6 Å². The molecule has 158 valence electrons. The number of para-hydroxylation sites is 1. The van der Waals surface area contributed by atoms with Gasteiger partial charge >= 0.3 is 5.69 Å². The molecule has 2 heterocycles. The summed E-state index contributed by atoms with van der Waals surface area (Å²) in [5, 5.41) is 2.98. The third-order valence-corrected chi connectivity index (χ3v) is 4.82. The second-order valence-electron chi connectivity index (χ2n) is 7.40. The average molecular weight is 410 g/mol. The van der Waals surface area contributed by atoms with Gasteiger partial charge in [-0.25, -0.2) is 9.78 Å². The number of nitrogens with one attached hydrogen (secondary N) is 2. The molecule has 1 aromatic carbocycles. The maximum atomic E-state index is 13.2. The molecule has 2 N–H and O–H groups in total. The Morgan fingerprint density at radius 1 is 1.27 bits per heavy atom. The molecular weight excluding hydrogens is 384 g/mol. The Morgan fingerprint density at radius 2 is 2.00 bits per heavy atom. The molecule has 0 radical (unpaired) electrons. The first-order chi connectivity index (χ1) is 14.4. The smallest absolute Gasteiger partial charge is 0.329 e. The van der Waals surface area contributed by atoms with Crippen LogP contribution >= 0.6 is 0 Å². The lowest BCUT2D eigenvalue weighted by Gasteiger charge is -2.15. The third-order valence-electron chi connectivity index (χ3n) is 4.82. The number of aromatic amines is 1. The minimum atomic E-state index is -0.625. The van der Waals surface area contributed by atoms with E-state index in [4.69, 9.17) is 4.74 Å². The van der Waals surface area contributed by atoms with Gasteiger partial charge in [-0.05, 0) is 24.5 Å². The van der Waals surface area contributed by atoms with Gasteiger partial charge < -0.3 is 10.1 Å². The van der Waals surface area contributed by atoms with Crippen LogP contribution in [0.5, 0.6) is 0 Å². The molecule has 0 unspecified atom stereocenters. The summed E-state index contributed by atoms with van der Waals surface area (Å²) >= 11 is 0. The fraction of sp³-hybridized carbons (Fsp3) is 0.364. The number of carbonyl (C=O) groups is 1. The van der Waals surface area contributed by atoms with E-state index in [1.54, 1.807) is 19.2 Å². The van der Waals surface area contributed by atoms with Crippen molar-refractivity contribution < 1.29 is 9.53 Å².